The standard InChI is InChI=1S/C49H70O4.CH4/c1-12-34-26-44(27-35(13-2)33(34)5)49(45-28-40(31-51-9)47(53-11)41(29-45)32-52-10)22-20-43(21-23-49)48(6,7)42-18-16-37(17-19-42)38-24-36(14-3)46(15-4)39(25-38)30-50-8;/h15,24-29,37,42-43H,4,12-14,16-23,30-32H2,1-3,5-11H3;1H4. The van der Waals surface area contributed by atoms with Crippen molar-refractivity contribution in [2.24, 2.45) is 17.3 Å². The predicted molar refractivity (Wildman–Crippen MR) is 229 cm³/mol. The highest BCUT2D eigenvalue weighted by atomic mass is 16.5. The molecule has 0 aliphatic heterocycles. The highest BCUT2D eigenvalue weighted by Gasteiger charge is 2.46. The van der Waals surface area contributed by atoms with Crippen LogP contribution in [0.5, 0.6) is 5.75 Å². The molecule has 5 rings (SSSR count). The molecule has 0 atom stereocenters. The van der Waals surface area contributed by atoms with Crippen LogP contribution in [0.2, 0.25) is 0 Å². The fourth-order valence-electron chi connectivity index (χ4n) is 10.6. The molecule has 0 N–H and O–H groups in total. The van der Waals surface area contributed by atoms with Crippen molar-refractivity contribution in [3.63, 3.8) is 0 Å². The molecular weight excluding hydrogens is 665 g/mol. The van der Waals surface area contributed by atoms with Gasteiger partial charge in [0.1, 0.15) is 5.75 Å². The van der Waals surface area contributed by atoms with Crippen molar-refractivity contribution in [3.05, 3.63) is 104 Å². The maximum Gasteiger partial charge on any atom is 0.129 e. The van der Waals surface area contributed by atoms with Crippen molar-refractivity contribution in [2.45, 2.75) is 151 Å². The first-order chi connectivity index (χ1) is 25.5. The Morgan fingerprint density at radius 3 is 1.54 bits per heavy atom. The Morgan fingerprint density at radius 2 is 1.09 bits per heavy atom. The lowest BCUT2D eigenvalue weighted by molar-refractivity contribution is 0.0434. The summed E-state index contributed by atoms with van der Waals surface area (Å²) in [6.45, 7) is 20.2. The van der Waals surface area contributed by atoms with Crippen LogP contribution in [0.4, 0.5) is 0 Å². The molecule has 0 radical (unpaired) electrons. The molecule has 0 heterocycles. The van der Waals surface area contributed by atoms with E-state index in [-0.39, 0.29) is 12.8 Å². The third kappa shape index (κ3) is 8.72. The van der Waals surface area contributed by atoms with Gasteiger partial charge in [-0.3, -0.25) is 0 Å². The summed E-state index contributed by atoms with van der Waals surface area (Å²) in [5, 5.41) is 0. The van der Waals surface area contributed by atoms with Gasteiger partial charge in [-0.2, -0.15) is 0 Å². The van der Waals surface area contributed by atoms with Gasteiger partial charge in [0, 0.05) is 37.9 Å². The van der Waals surface area contributed by atoms with Crippen LogP contribution >= 0.6 is 0 Å². The van der Waals surface area contributed by atoms with Gasteiger partial charge in [-0.25, -0.2) is 0 Å². The van der Waals surface area contributed by atoms with Crippen molar-refractivity contribution in [1.29, 1.82) is 0 Å². The van der Waals surface area contributed by atoms with E-state index in [2.05, 4.69) is 84.5 Å². The first-order valence-corrected chi connectivity index (χ1v) is 20.6. The Labute approximate surface area is 330 Å². The molecule has 3 aromatic rings. The summed E-state index contributed by atoms with van der Waals surface area (Å²) in [5.41, 5.74) is 15.2. The highest BCUT2D eigenvalue weighted by Crippen LogP contribution is 2.56. The van der Waals surface area contributed by atoms with Crippen LogP contribution in [0.25, 0.3) is 6.08 Å². The van der Waals surface area contributed by atoms with Crippen molar-refractivity contribution in [1.82, 2.24) is 0 Å². The van der Waals surface area contributed by atoms with Crippen LogP contribution in [0, 0.1) is 24.2 Å². The Balaban J connectivity index is 0.00000650. The molecule has 2 aliphatic rings. The van der Waals surface area contributed by atoms with E-state index in [1.807, 2.05) is 6.08 Å². The molecule has 54 heavy (non-hydrogen) atoms. The quantitative estimate of drug-likeness (QED) is 0.147. The molecule has 0 aromatic heterocycles. The Hall–Kier alpha value is -2.92. The second-order valence-electron chi connectivity index (χ2n) is 16.8. The van der Waals surface area contributed by atoms with E-state index in [1.54, 1.807) is 28.4 Å². The zero-order chi connectivity index (χ0) is 38.3. The average molecular weight is 739 g/mol. The minimum absolute atomic E-state index is 0. The molecule has 0 spiro atoms. The number of hydrogen-bond donors (Lipinski definition) is 0. The summed E-state index contributed by atoms with van der Waals surface area (Å²) in [5.74, 6) is 2.96. The molecule has 0 amide bonds. The van der Waals surface area contributed by atoms with E-state index >= 15 is 0 Å². The summed E-state index contributed by atoms with van der Waals surface area (Å²) in [6.07, 6.45) is 15.1. The lowest BCUT2D eigenvalue weighted by Gasteiger charge is -2.50. The predicted octanol–water partition coefficient (Wildman–Crippen LogP) is 12.9. The molecular formula is C50H74O4. The van der Waals surface area contributed by atoms with E-state index < -0.39 is 0 Å². The van der Waals surface area contributed by atoms with Gasteiger partial charge >= 0.3 is 0 Å². The monoisotopic (exact) mass is 739 g/mol. The maximum atomic E-state index is 5.98. The first kappa shape index (κ1) is 43.8. The summed E-state index contributed by atoms with van der Waals surface area (Å²) in [7, 11) is 7.12. The van der Waals surface area contributed by atoms with Gasteiger partial charge in [-0.1, -0.05) is 79.0 Å². The molecule has 2 aliphatic carbocycles. The number of benzene rings is 3. The van der Waals surface area contributed by atoms with E-state index in [1.165, 1.54) is 88.6 Å². The molecule has 0 unspecified atom stereocenters. The number of methoxy groups -OCH3 is 4. The van der Waals surface area contributed by atoms with Gasteiger partial charge < -0.3 is 18.9 Å². The van der Waals surface area contributed by atoms with Gasteiger partial charge in [0.05, 0.1) is 26.9 Å². The Morgan fingerprint density at radius 1 is 0.648 bits per heavy atom. The van der Waals surface area contributed by atoms with Crippen LogP contribution in [-0.4, -0.2) is 28.4 Å². The third-order valence-corrected chi connectivity index (χ3v) is 13.9. The second-order valence-corrected chi connectivity index (χ2v) is 16.8. The van der Waals surface area contributed by atoms with E-state index in [9.17, 15) is 0 Å². The number of hydrogen-bond acceptors (Lipinski definition) is 4. The fraction of sp³-hybridized carbons (Fsp3) is 0.600. The molecule has 4 heteroatoms. The number of aryl methyl sites for hydroxylation is 3. The highest BCUT2D eigenvalue weighted by molar-refractivity contribution is 5.58. The topological polar surface area (TPSA) is 36.9 Å². The van der Waals surface area contributed by atoms with Crippen molar-refractivity contribution >= 4 is 6.08 Å². The summed E-state index contributed by atoms with van der Waals surface area (Å²) < 4.78 is 23.1. The van der Waals surface area contributed by atoms with Crippen LogP contribution in [0.15, 0.2) is 43.0 Å². The smallest absolute Gasteiger partial charge is 0.129 e. The zero-order valence-corrected chi connectivity index (χ0v) is 35.0. The van der Waals surface area contributed by atoms with Crippen LogP contribution < -0.4 is 4.74 Å². The van der Waals surface area contributed by atoms with Crippen LogP contribution in [-0.2, 0) is 58.7 Å². The van der Waals surface area contributed by atoms with Crippen LogP contribution in [0.1, 0.15) is 161 Å². The lowest BCUT2D eigenvalue weighted by atomic mass is 9.54. The van der Waals surface area contributed by atoms with Gasteiger partial charge in [0.25, 0.3) is 0 Å². The van der Waals surface area contributed by atoms with Gasteiger partial charge in [-0.05, 0) is 163 Å². The molecule has 3 aromatic carbocycles. The van der Waals surface area contributed by atoms with Crippen molar-refractivity contribution in [3.8, 4) is 5.75 Å². The number of rotatable bonds is 16. The van der Waals surface area contributed by atoms with Gasteiger partial charge in [0.15, 0.2) is 0 Å². The normalized spacial score (nSPS) is 21.8. The minimum Gasteiger partial charge on any atom is -0.496 e. The Bertz CT molecular complexity index is 1630. The lowest BCUT2D eigenvalue weighted by Crippen LogP contribution is -2.41. The summed E-state index contributed by atoms with van der Waals surface area (Å²) >= 11 is 0. The largest absolute Gasteiger partial charge is 0.496 e. The fourth-order valence-corrected chi connectivity index (χ4v) is 10.6. The van der Waals surface area contributed by atoms with Gasteiger partial charge in [0.2, 0.25) is 0 Å². The molecule has 2 fully saturated rings. The number of ether oxygens (including phenoxy) is 4. The van der Waals surface area contributed by atoms with Crippen molar-refractivity contribution < 1.29 is 18.9 Å². The second kappa shape index (κ2) is 19.3. The van der Waals surface area contributed by atoms with Gasteiger partial charge in [-0.15, -0.1) is 0 Å². The summed E-state index contributed by atoms with van der Waals surface area (Å²) in [4.78, 5) is 0. The average Bonchev–Trinajstić information content (AvgIpc) is 3.18. The van der Waals surface area contributed by atoms with E-state index in [0.29, 0.717) is 37.1 Å². The molecule has 0 saturated heterocycles. The Kier molecular flexibility index (Phi) is 15.6. The minimum atomic E-state index is -0.0719. The zero-order valence-electron chi connectivity index (χ0n) is 35.0. The van der Waals surface area contributed by atoms with Crippen molar-refractivity contribution in [2.75, 3.05) is 28.4 Å². The first-order valence-electron chi connectivity index (χ1n) is 20.6. The third-order valence-electron chi connectivity index (χ3n) is 13.9. The van der Waals surface area contributed by atoms with Crippen LogP contribution in [0.3, 0.4) is 0 Å². The molecule has 4 nitrogen and oxygen atoms in total. The van der Waals surface area contributed by atoms with E-state index in [0.717, 1.165) is 54.9 Å². The summed E-state index contributed by atoms with van der Waals surface area (Å²) in [6, 6.07) is 14.8. The molecule has 298 valence electrons. The SMILES string of the molecule is C.C=Cc1c(CC)cc(C2CCC(C(C)(C)C3CCC(c4cc(CC)c(C)c(CC)c4)(c4cc(COC)c(OC)c(COC)c4)CC3)CC2)cc1COC. The van der Waals surface area contributed by atoms with E-state index in [4.69, 9.17) is 18.9 Å². The molecule has 0 bridgehead atoms. The maximum absolute atomic E-state index is 5.98. The molecule has 2 saturated carbocycles.